The summed E-state index contributed by atoms with van der Waals surface area (Å²) in [6.07, 6.45) is 0. The first kappa shape index (κ1) is 20.9. The van der Waals surface area contributed by atoms with Crippen LogP contribution in [-0.4, -0.2) is 14.5 Å². The molecule has 7 aromatic rings. The Labute approximate surface area is 220 Å². The number of rotatable bonds is 3. The first-order chi connectivity index (χ1) is 18.9. The Kier molecular flexibility index (Phi) is 4.49. The molecule has 38 heavy (non-hydrogen) atoms. The Balaban J connectivity index is 1.46. The van der Waals surface area contributed by atoms with E-state index in [4.69, 9.17) is 9.97 Å². The second-order valence-corrected chi connectivity index (χ2v) is 9.52. The molecule has 0 unspecified atom stereocenters. The average molecular weight is 487 g/mol. The van der Waals surface area contributed by atoms with Gasteiger partial charge >= 0.3 is 0 Å². The number of benzene rings is 5. The minimum atomic E-state index is 0.706. The van der Waals surface area contributed by atoms with Crippen LogP contribution in [0.15, 0.2) is 133 Å². The molecule has 0 atom stereocenters. The third-order valence-corrected chi connectivity index (χ3v) is 7.32. The van der Waals surface area contributed by atoms with Gasteiger partial charge in [0.05, 0.1) is 33.8 Å². The summed E-state index contributed by atoms with van der Waals surface area (Å²) in [5.74, 6) is 1.55. The minimum Gasteiger partial charge on any atom is -0.305 e. The molecule has 2 aromatic heterocycles. The van der Waals surface area contributed by atoms with Crippen LogP contribution >= 0.6 is 0 Å². The summed E-state index contributed by atoms with van der Waals surface area (Å²) in [5.41, 5.74) is 8.67. The van der Waals surface area contributed by atoms with Gasteiger partial charge in [0.15, 0.2) is 5.82 Å². The fraction of sp³-hybridized carbons (Fsp3) is 0. The fourth-order valence-electron chi connectivity index (χ4n) is 5.67. The SMILES string of the molecule is c1ccc(-c2cc(N3c4ccccc4-n4c5ccccc5c5cccc3c54)nc(-c3ccccc3)n2)cc1. The standard InChI is InChI=1S/C34H22N4/c1-3-12-23(13-4-1)27-22-32(36-34(35-27)24-14-5-2-6-15-24)37-29-19-9-10-20-30(29)38-28-18-8-7-16-25(28)26-17-11-21-31(37)33(26)38/h1-22H. The van der Waals surface area contributed by atoms with Gasteiger partial charge in [-0.05, 0) is 24.3 Å². The predicted octanol–water partition coefficient (Wildman–Crippen LogP) is 8.69. The molecule has 0 saturated heterocycles. The maximum Gasteiger partial charge on any atom is 0.162 e. The first-order valence-corrected chi connectivity index (χ1v) is 12.8. The van der Waals surface area contributed by atoms with Crippen molar-refractivity contribution in [2.75, 3.05) is 4.90 Å². The summed E-state index contributed by atoms with van der Waals surface area (Å²) < 4.78 is 2.39. The topological polar surface area (TPSA) is 34.0 Å². The molecule has 178 valence electrons. The molecule has 0 amide bonds. The summed E-state index contributed by atoms with van der Waals surface area (Å²) in [6, 6.07) is 46.4. The van der Waals surface area contributed by atoms with Gasteiger partial charge in [0.1, 0.15) is 5.82 Å². The van der Waals surface area contributed by atoms with E-state index in [1.165, 1.54) is 21.8 Å². The van der Waals surface area contributed by atoms with Crippen LogP contribution in [0, 0.1) is 0 Å². The molecule has 1 aliphatic heterocycles. The Morgan fingerprint density at radius 1 is 0.474 bits per heavy atom. The smallest absolute Gasteiger partial charge is 0.162 e. The van der Waals surface area contributed by atoms with Gasteiger partial charge in [-0.15, -0.1) is 0 Å². The third-order valence-electron chi connectivity index (χ3n) is 7.32. The highest BCUT2D eigenvalue weighted by atomic mass is 15.3. The van der Waals surface area contributed by atoms with E-state index >= 15 is 0 Å². The van der Waals surface area contributed by atoms with E-state index in [9.17, 15) is 0 Å². The van der Waals surface area contributed by atoms with Crippen molar-refractivity contribution in [1.29, 1.82) is 0 Å². The number of aromatic nitrogens is 3. The maximum atomic E-state index is 5.17. The van der Waals surface area contributed by atoms with Crippen LogP contribution < -0.4 is 4.90 Å². The highest BCUT2D eigenvalue weighted by molar-refractivity contribution is 6.16. The minimum absolute atomic E-state index is 0.706. The average Bonchev–Trinajstić information content (AvgIpc) is 3.34. The van der Waals surface area contributed by atoms with Crippen LogP contribution in [-0.2, 0) is 0 Å². The summed E-state index contributed by atoms with van der Waals surface area (Å²) in [4.78, 5) is 12.5. The van der Waals surface area contributed by atoms with Crippen LogP contribution in [0.3, 0.4) is 0 Å². The van der Waals surface area contributed by atoms with Gasteiger partial charge in [-0.3, -0.25) is 4.90 Å². The third kappa shape index (κ3) is 3.04. The van der Waals surface area contributed by atoms with E-state index in [2.05, 4.69) is 119 Å². The van der Waals surface area contributed by atoms with E-state index < -0.39 is 0 Å². The van der Waals surface area contributed by atoms with Gasteiger partial charge in [-0.25, -0.2) is 9.97 Å². The Hall–Kier alpha value is -5.22. The van der Waals surface area contributed by atoms with E-state index in [0.717, 1.165) is 39.7 Å². The van der Waals surface area contributed by atoms with Crippen LogP contribution in [0.25, 0.3) is 50.1 Å². The lowest BCUT2D eigenvalue weighted by Crippen LogP contribution is -2.19. The number of para-hydroxylation sites is 4. The summed E-state index contributed by atoms with van der Waals surface area (Å²) in [5, 5.41) is 2.48. The molecular formula is C34H22N4. The van der Waals surface area contributed by atoms with Gasteiger partial charge in [0, 0.05) is 28.0 Å². The molecule has 8 rings (SSSR count). The molecular weight excluding hydrogens is 464 g/mol. The molecule has 3 heterocycles. The van der Waals surface area contributed by atoms with Crippen molar-refractivity contribution in [3.05, 3.63) is 133 Å². The number of hydrogen-bond acceptors (Lipinski definition) is 3. The van der Waals surface area contributed by atoms with Crippen LogP contribution in [0.4, 0.5) is 17.2 Å². The van der Waals surface area contributed by atoms with Crippen LogP contribution in [0.1, 0.15) is 0 Å². The summed E-state index contributed by atoms with van der Waals surface area (Å²) in [7, 11) is 0. The highest BCUT2D eigenvalue weighted by Crippen LogP contribution is 2.49. The molecule has 0 N–H and O–H groups in total. The van der Waals surface area contributed by atoms with Crippen molar-refractivity contribution < 1.29 is 0 Å². The molecule has 1 aliphatic rings. The molecule has 4 nitrogen and oxygen atoms in total. The number of fused-ring (bicyclic) bond motifs is 5. The Morgan fingerprint density at radius 3 is 1.92 bits per heavy atom. The first-order valence-electron chi connectivity index (χ1n) is 12.8. The second kappa shape index (κ2) is 8.15. The van der Waals surface area contributed by atoms with E-state index in [-0.39, 0.29) is 0 Å². The second-order valence-electron chi connectivity index (χ2n) is 9.52. The predicted molar refractivity (Wildman–Crippen MR) is 155 cm³/mol. The largest absolute Gasteiger partial charge is 0.305 e. The molecule has 0 radical (unpaired) electrons. The fourth-order valence-corrected chi connectivity index (χ4v) is 5.67. The molecule has 0 saturated carbocycles. The van der Waals surface area contributed by atoms with Crippen LogP contribution in [0.2, 0.25) is 0 Å². The van der Waals surface area contributed by atoms with Gasteiger partial charge in [0.25, 0.3) is 0 Å². The summed E-state index contributed by atoms with van der Waals surface area (Å²) in [6.45, 7) is 0. The lowest BCUT2D eigenvalue weighted by molar-refractivity contribution is 1.07. The molecule has 4 heteroatoms. The lowest BCUT2D eigenvalue weighted by atomic mass is 10.1. The summed E-state index contributed by atoms with van der Waals surface area (Å²) >= 11 is 0. The van der Waals surface area contributed by atoms with E-state index in [0.29, 0.717) is 5.82 Å². The van der Waals surface area contributed by atoms with Crippen molar-refractivity contribution in [1.82, 2.24) is 14.5 Å². The quantitative estimate of drug-likeness (QED) is 0.250. The number of hydrogen-bond donors (Lipinski definition) is 0. The molecule has 0 fully saturated rings. The zero-order valence-electron chi connectivity index (χ0n) is 20.5. The molecule has 0 bridgehead atoms. The Bertz CT molecular complexity index is 1920. The molecule has 0 spiro atoms. The van der Waals surface area contributed by atoms with Crippen molar-refractivity contribution in [2.24, 2.45) is 0 Å². The maximum absolute atomic E-state index is 5.17. The van der Waals surface area contributed by atoms with Crippen molar-refractivity contribution in [3.8, 4) is 28.3 Å². The monoisotopic (exact) mass is 486 g/mol. The van der Waals surface area contributed by atoms with Crippen molar-refractivity contribution in [3.63, 3.8) is 0 Å². The van der Waals surface area contributed by atoms with Gasteiger partial charge < -0.3 is 4.57 Å². The number of nitrogens with zero attached hydrogens (tertiary/aromatic N) is 4. The molecule has 5 aromatic carbocycles. The zero-order valence-corrected chi connectivity index (χ0v) is 20.5. The van der Waals surface area contributed by atoms with E-state index in [1.54, 1.807) is 0 Å². The zero-order chi connectivity index (χ0) is 25.1. The van der Waals surface area contributed by atoms with E-state index in [1.807, 2.05) is 24.3 Å². The van der Waals surface area contributed by atoms with Crippen molar-refractivity contribution in [2.45, 2.75) is 0 Å². The van der Waals surface area contributed by atoms with Gasteiger partial charge in [-0.2, -0.15) is 0 Å². The lowest BCUT2D eigenvalue weighted by Gasteiger charge is -2.32. The highest BCUT2D eigenvalue weighted by Gasteiger charge is 2.29. The normalized spacial score (nSPS) is 12.2. The van der Waals surface area contributed by atoms with Gasteiger partial charge in [0.2, 0.25) is 0 Å². The Morgan fingerprint density at radius 2 is 1.11 bits per heavy atom. The van der Waals surface area contributed by atoms with Crippen LogP contribution in [0.5, 0.6) is 0 Å². The number of anilines is 3. The molecule has 0 aliphatic carbocycles. The van der Waals surface area contributed by atoms with Crippen molar-refractivity contribution >= 4 is 39.0 Å². The van der Waals surface area contributed by atoms with Gasteiger partial charge in [-0.1, -0.05) is 103 Å².